The van der Waals surface area contributed by atoms with Crippen LogP contribution in [-0.4, -0.2) is 62.4 Å². The summed E-state index contributed by atoms with van der Waals surface area (Å²) >= 11 is 1.62. The van der Waals surface area contributed by atoms with E-state index in [9.17, 15) is 4.79 Å². The topological polar surface area (TPSA) is 108 Å². The number of hydrogen-bond donors (Lipinski definition) is 2. The maximum absolute atomic E-state index is 12.8. The second kappa shape index (κ2) is 7.17. The Balaban J connectivity index is 0.000000609. The van der Waals surface area contributed by atoms with E-state index in [4.69, 9.17) is 14.6 Å². The van der Waals surface area contributed by atoms with Gasteiger partial charge in [0.25, 0.3) is 6.47 Å². The van der Waals surface area contributed by atoms with Gasteiger partial charge in [0.05, 0.1) is 5.52 Å². The first-order chi connectivity index (χ1) is 14.6. The van der Waals surface area contributed by atoms with Gasteiger partial charge in [0, 0.05) is 46.6 Å². The zero-order valence-corrected chi connectivity index (χ0v) is 17.3. The smallest absolute Gasteiger partial charge is 0.359 e. The van der Waals surface area contributed by atoms with Crippen LogP contribution >= 0.6 is 11.3 Å². The lowest BCUT2D eigenvalue weighted by molar-refractivity contribution is -0.122. The third-order valence-corrected chi connectivity index (χ3v) is 7.76. The molecule has 0 bridgehead atoms. The quantitative estimate of drug-likeness (QED) is 0.489. The lowest BCUT2D eigenvalue weighted by Gasteiger charge is -2.57. The van der Waals surface area contributed by atoms with E-state index in [2.05, 4.69) is 20.1 Å². The molecule has 1 spiro atoms. The number of carbonyl (C=O) groups excluding carboxylic acids is 1. The highest BCUT2D eigenvalue weighted by Crippen LogP contribution is 2.58. The van der Waals surface area contributed by atoms with Crippen molar-refractivity contribution in [2.45, 2.75) is 37.8 Å². The second-order valence-corrected chi connectivity index (χ2v) is 8.98. The molecular weight excluding hydrogens is 404 g/mol. The molecule has 1 aliphatic carbocycles. The Kier molecular flexibility index (Phi) is 4.59. The van der Waals surface area contributed by atoms with Crippen LogP contribution in [-0.2, 0) is 9.53 Å². The molecule has 0 amide bonds. The number of nitrogens with one attached hydrogen (secondary N) is 1. The number of aromatic amines is 1. The van der Waals surface area contributed by atoms with Crippen molar-refractivity contribution in [2.24, 2.45) is 5.92 Å². The van der Waals surface area contributed by atoms with E-state index in [0.29, 0.717) is 17.2 Å². The second-order valence-electron chi connectivity index (χ2n) is 8.12. The van der Waals surface area contributed by atoms with Gasteiger partial charge in [-0.1, -0.05) is 6.07 Å². The molecule has 3 aromatic rings. The van der Waals surface area contributed by atoms with Crippen LogP contribution in [0.5, 0.6) is 0 Å². The first-order valence-corrected chi connectivity index (χ1v) is 10.9. The summed E-state index contributed by atoms with van der Waals surface area (Å²) in [5, 5.41) is 18.0. The van der Waals surface area contributed by atoms with Crippen molar-refractivity contribution < 1.29 is 19.4 Å². The van der Waals surface area contributed by atoms with Crippen LogP contribution in [0.1, 0.15) is 35.4 Å². The lowest BCUT2D eigenvalue weighted by Crippen LogP contribution is -2.63. The average molecular weight is 426 g/mol. The standard InChI is InChI=1S/C20H20N4O2S.CH2O2/c1-11-10-27-18(21-11)12-2-3-13-15(8-12)22-23-17(13)19(25)26-16-9-24-7-6-20(24)5-4-14(16)20;2-1-3/h2-3,8,10,14,16H,4-7,9H2,1H3,(H,22,23);1H,(H,2,3). The molecule has 3 fully saturated rings. The van der Waals surface area contributed by atoms with Gasteiger partial charge in [0.1, 0.15) is 11.1 Å². The van der Waals surface area contributed by atoms with Crippen LogP contribution in [0, 0.1) is 12.8 Å². The van der Waals surface area contributed by atoms with E-state index >= 15 is 0 Å². The zero-order chi connectivity index (χ0) is 20.9. The van der Waals surface area contributed by atoms with Crippen LogP contribution in [0.2, 0.25) is 0 Å². The summed E-state index contributed by atoms with van der Waals surface area (Å²) in [6.07, 6.45) is 3.71. The van der Waals surface area contributed by atoms with E-state index in [1.807, 2.05) is 30.5 Å². The summed E-state index contributed by atoms with van der Waals surface area (Å²) < 4.78 is 5.92. The Morgan fingerprint density at radius 3 is 2.87 bits per heavy atom. The molecule has 4 heterocycles. The van der Waals surface area contributed by atoms with Gasteiger partial charge in [-0.05, 0) is 38.3 Å². The van der Waals surface area contributed by atoms with Gasteiger partial charge in [-0.2, -0.15) is 5.10 Å². The van der Waals surface area contributed by atoms with E-state index in [1.165, 1.54) is 19.3 Å². The Hall–Kier alpha value is -2.78. The summed E-state index contributed by atoms with van der Waals surface area (Å²) in [4.78, 5) is 28.2. The number of ether oxygens (including phenoxy) is 1. The van der Waals surface area contributed by atoms with Gasteiger partial charge >= 0.3 is 5.97 Å². The SMILES string of the molecule is Cc1csc(-c2ccc3c(C(=O)OC4CN5CCC56CCC46)n[nH]c3c2)n1.O=CO. The first-order valence-electron chi connectivity index (χ1n) is 10.0. The fourth-order valence-electron chi connectivity index (χ4n) is 5.16. The molecular formula is C21H22N4O4S. The molecule has 0 radical (unpaired) electrons. The van der Waals surface area contributed by atoms with Crippen molar-refractivity contribution in [3.8, 4) is 10.6 Å². The van der Waals surface area contributed by atoms with Crippen molar-refractivity contribution in [2.75, 3.05) is 13.1 Å². The Labute approximate surface area is 176 Å². The minimum Gasteiger partial charge on any atom is -0.483 e. The van der Waals surface area contributed by atoms with Gasteiger partial charge in [0.15, 0.2) is 5.69 Å². The number of aryl methyl sites for hydroxylation is 1. The van der Waals surface area contributed by atoms with Gasteiger partial charge in [-0.25, -0.2) is 9.78 Å². The zero-order valence-electron chi connectivity index (χ0n) is 16.5. The van der Waals surface area contributed by atoms with E-state index in [0.717, 1.165) is 40.3 Å². The number of aromatic nitrogens is 3. The van der Waals surface area contributed by atoms with Crippen molar-refractivity contribution in [3.63, 3.8) is 0 Å². The summed E-state index contributed by atoms with van der Waals surface area (Å²) in [5.41, 5.74) is 3.62. The highest BCUT2D eigenvalue weighted by molar-refractivity contribution is 7.13. The number of rotatable bonds is 3. The number of esters is 1. The third kappa shape index (κ3) is 2.84. The van der Waals surface area contributed by atoms with Crippen molar-refractivity contribution in [1.29, 1.82) is 0 Å². The van der Waals surface area contributed by atoms with Crippen molar-refractivity contribution >= 4 is 34.7 Å². The van der Waals surface area contributed by atoms with Gasteiger partial charge in [-0.15, -0.1) is 11.3 Å². The minimum atomic E-state index is -0.311. The van der Waals surface area contributed by atoms with Crippen LogP contribution in [0.3, 0.4) is 0 Å². The predicted octanol–water partition coefficient (Wildman–Crippen LogP) is 3.09. The number of hydrogen-bond acceptors (Lipinski definition) is 7. The highest BCUT2D eigenvalue weighted by atomic mass is 32.1. The number of carbonyl (C=O) groups is 2. The van der Waals surface area contributed by atoms with Gasteiger partial charge in [0.2, 0.25) is 0 Å². The monoisotopic (exact) mass is 426 g/mol. The molecule has 30 heavy (non-hydrogen) atoms. The molecule has 156 valence electrons. The summed E-state index contributed by atoms with van der Waals surface area (Å²) in [6.45, 7) is 3.77. The van der Waals surface area contributed by atoms with E-state index < -0.39 is 0 Å². The Morgan fingerprint density at radius 2 is 2.27 bits per heavy atom. The maximum Gasteiger partial charge on any atom is 0.359 e. The molecule has 3 atom stereocenters. The fourth-order valence-corrected chi connectivity index (χ4v) is 5.96. The van der Waals surface area contributed by atoms with Crippen molar-refractivity contribution in [1.82, 2.24) is 20.1 Å². The molecule has 3 unspecified atom stereocenters. The molecule has 2 N–H and O–H groups in total. The number of benzene rings is 1. The van der Waals surface area contributed by atoms with Crippen molar-refractivity contribution in [3.05, 3.63) is 35.0 Å². The van der Waals surface area contributed by atoms with Crippen LogP contribution in [0.25, 0.3) is 21.5 Å². The summed E-state index contributed by atoms with van der Waals surface area (Å²) in [7, 11) is 0. The molecule has 6 rings (SSSR count). The number of carboxylic acid groups (broad SMARTS) is 1. The third-order valence-electron chi connectivity index (χ3n) is 6.75. The largest absolute Gasteiger partial charge is 0.483 e. The summed E-state index contributed by atoms with van der Waals surface area (Å²) in [6, 6.07) is 5.93. The molecule has 2 aliphatic heterocycles. The number of thiazole rings is 1. The van der Waals surface area contributed by atoms with Gasteiger partial charge in [-0.3, -0.25) is 14.8 Å². The van der Waals surface area contributed by atoms with E-state index in [1.54, 1.807) is 11.3 Å². The summed E-state index contributed by atoms with van der Waals surface area (Å²) in [5.74, 6) is 0.203. The molecule has 2 saturated heterocycles. The molecule has 9 heteroatoms. The molecule has 8 nitrogen and oxygen atoms in total. The molecule has 1 saturated carbocycles. The van der Waals surface area contributed by atoms with Crippen LogP contribution < -0.4 is 0 Å². The maximum atomic E-state index is 12.8. The normalized spacial score (nSPS) is 26.6. The fraction of sp³-hybridized carbons (Fsp3) is 0.429. The van der Waals surface area contributed by atoms with Gasteiger partial charge < -0.3 is 9.84 Å². The number of fused-ring (bicyclic) bond motifs is 1. The Bertz CT molecular complexity index is 1120. The highest BCUT2D eigenvalue weighted by Gasteiger charge is 2.64. The predicted molar refractivity (Wildman–Crippen MR) is 111 cm³/mol. The minimum absolute atomic E-state index is 0.0121. The lowest BCUT2D eigenvalue weighted by atomic mass is 9.61. The van der Waals surface area contributed by atoms with Crippen LogP contribution in [0.15, 0.2) is 23.6 Å². The molecule has 1 aromatic carbocycles. The Morgan fingerprint density at radius 1 is 1.43 bits per heavy atom. The van der Waals surface area contributed by atoms with Crippen LogP contribution in [0.4, 0.5) is 0 Å². The first kappa shape index (κ1) is 19.2. The molecule has 2 aromatic heterocycles. The van der Waals surface area contributed by atoms with E-state index in [-0.39, 0.29) is 18.5 Å². The molecule has 3 aliphatic rings. The number of nitrogens with zero attached hydrogens (tertiary/aromatic N) is 3. The average Bonchev–Trinajstić information content (AvgIpc) is 3.33. The number of H-pyrrole nitrogens is 1.